The van der Waals surface area contributed by atoms with E-state index < -0.39 is 17.0 Å². The third-order valence-corrected chi connectivity index (χ3v) is 5.55. The zero-order chi connectivity index (χ0) is 23.0. The van der Waals surface area contributed by atoms with E-state index in [0.29, 0.717) is 28.1 Å². The molecule has 0 radical (unpaired) electrons. The fourth-order valence-electron chi connectivity index (χ4n) is 3.96. The third kappa shape index (κ3) is 3.88. The molecule has 0 saturated carbocycles. The molecule has 0 unspecified atom stereocenters. The molecule has 31 heavy (non-hydrogen) atoms. The highest BCUT2D eigenvalue weighted by atomic mass is 16.3. The number of nitrogens with one attached hydrogen (secondary N) is 1. The minimum atomic E-state index is -0.717. The minimum absolute atomic E-state index is 0.0267. The van der Waals surface area contributed by atoms with Crippen LogP contribution in [0, 0.1) is 27.7 Å². The number of aryl methyl sites for hydroxylation is 3. The van der Waals surface area contributed by atoms with E-state index >= 15 is 0 Å². The van der Waals surface area contributed by atoms with Gasteiger partial charge in [0.15, 0.2) is 0 Å². The normalized spacial score (nSPS) is 11.2. The van der Waals surface area contributed by atoms with E-state index in [1.54, 1.807) is 40.0 Å². The first-order valence-corrected chi connectivity index (χ1v) is 10.2. The molecule has 7 heteroatoms. The number of aliphatic hydroxyl groups excluding tert-OH is 1. The molecule has 0 bridgehead atoms. The van der Waals surface area contributed by atoms with Crippen LogP contribution in [0.1, 0.15) is 69.3 Å². The lowest BCUT2D eigenvalue weighted by molar-refractivity contribution is 0.102. The lowest BCUT2D eigenvalue weighted by Gasteiger charge is -2.21. The van der Waals surface area contributed by atoms with Gasteiger partial charge in [-0.25, -0.2) is 4.79 Å². The van der Waals surface area contributed by atoms with Crippen molar-refractivity contribution in [2.24, 2.45) is 0 Å². The molecule has 162 valence electrons. The number of rotatable bonds is 5. The van der Waals surface area contributed by atoms with Gasteiger partial charge in [-0.3, -0.25) is 24.1 Å². The molecule has 0 aliphatic heterocycles. The summed E-state index contributed by atoms with van der Waals surface area (Å²) in [7, 11) is 0. The van der Waals surface area contributed by atoms with Gasteiger partial charge in [0, 0.05) is 22.9 Å². The summed E-state index contributed by atoms with van der Waals surface area (Å²) in [6.07, 6.45) is 1.54. The predicted molar refractivity (Wildman–Crippen MR) is 119 cm³/mol. The van der Waals surface area contributed by atoms with Gasteiger partial charge in [0.25, 0.3) is 5.56 Å². The van der Waals surface area contributed by atoms with Crippen molar-refractivity contribution in [3.8, 4) is 5.69 Å². The van der Waals surface area contributed by atoms with Crippen LogP contribution in [0.15, 0.2) is 34.0 Å². The monoisotopic (exact) mass is 421 g/mol. The third-order valence-electron chi connectivity index (χ3n) is 5.55. The zero-order valence-electron chi connectivity index (χ0n) is 18.7. The average molecular weight is 421 g/mol. The van der Waals surface area contributed by atoms with Crippen molar-refractivity contribution in [1.82, 2.24) is 14.5 Å². The number of ketones is 1. The smallest absolute Gasteiger partial charge is 0.333 e. The van der Waals surface area contributed by atoms with Gasteiger partial charge in [-0.15, -0.1) is 0 Å². The van der Waals surface area contributed by atoms with Gasteiger partial charge in [0.1, 0.15) is 5.69 Å². The van der Waals surface area contributed by atoms with Gasteiger partial charge in [0.2, 0.25) is 5.78 Å². The fourth-order valence-corrected chi connectivity index (χ4v) is 3.96. The maximum absolute atomic E-state index is 13.8. The molecule has 2 heterocycles. The number of aromatic nitrogens is 3. The number of benzene rings is 1. The van der Waals surface area contributed by atoms with Crippen molar-refractivity contribution in [3.05, 3.63) is 90.0 Å². The Kier molecular flexibility index (Phi) is 6.08. The highest BCUT2D eigenvalue weighted by Crippen LogP contribution is 2.26. The van der Waals surface area contributed by atoms with Crippen LogP contribution in [-0.2, 0) is 6.61 Å². The second-order valence-corrected chi connectivity index (χ2v) is 8.16. The predicted octanol–water partition coefficient (Wildman–Crippen LogP) is 3.00. The summed E-state index contributed by atoms with van der Waals surface area (Å²) in [5.74, 6) is -0.715. The highest BCUT2D eigenvalue weighted by Gasteiger charge is 2.28. The van der Waals surface area contributed by atoms with Crippen molar-refractivity contribution in [1.29, 1.82) is 0 Å². The molecular weight excluding hydrogens is 394 g/mol. The molecule has 0 spiro atoms. The van der Waals surface area contributed by atoms with Crippen LogP contribution in [-0.4, -0.2) is 25.4 Å². The van der Waals surface area contributed by atoms with E-state index in [9.17, 15) is 19.5 Å². The molecule has 1 aromatic carbocycles. The number of H-pyrrole nitrogens is 1. The molecular formula is C24H27N3O4. The summed E-state index contributed by atoms with van der Waals surface area (Å²) < 4.78 is 1.25. The standard InChI is InChI=1S/C24H27N3O4/c1-12(2)19-21(22(29)18-8-7-13(3)9-14(18)4)27(24(31)26-23(19)30)20-15(5)17(11-28)10-25-16(20)6/h7-10,12,28H,11H2,1-6H3,(H,26,30,31). The van der Waals surface area contributed by atoms with Crippen LogP contribution in [0.2, 0.25) is 0 Å². The molecule has 0 amide bonds. The van der Waals surface area contributed by atoms with Gasteiger partial charge >= 0.3 is 5.69 Å². The van der Waals surface area contributed by atoms with Crippen molar-refractivity contribution in [2.45, 2.75) is 54.1 Å². The van der Waals surface area contributed by atoms with E-state index in [1.807, 2.05) is 26.0 Å². The SMILES string of the molecule is Cc1ccc(C(=O)c2c(C(C)C)c(=O)[nH]c(=O)n2-c2c(C)ncc(CO)c2C)c(C)c1. The van der Waals surface area contributed by atoms with E-state index in [-0.39, 0.29) is 23.8 Å². The van der Waals surface area contributed by atoms with E-state index in [1.165, 1.54) is 4.57 Å². The second-order valence-electron chi connectivity index (χ2n) is 8.16. The summed E-state index contributed by atoms with van der Waals surface area (Å²) in [6, 6.07) is 5.44. The maximum Gasteiger partial charge on any atom is 0.333 e. The zero-order valence-corrected chi connectivity index (χ0v) is 18.7. The molecule has 3 aromatic rings. The number of carbonyl (C=O) groups is 1. The highest BCUT2D eigenvalue weighted by molar-refractivity contribution is 6.10. The van der Waals surface area contributed by atoms with Crippen molar-refractivity contribution in [3.63, 3.8) is 0 Å². The average Bonchev–Trinajstić information content (AvgIpc) is 2.68. The fraction of sp³-hybridized carbons (Fsp3) is 0.333. The van der Waals surface area contributed by atoms with Crippen LogP contribution in [0.25, 0.3) is 5.69 Å². The summed E-state index contributed by atoms with van der Waals surface area (Å²) in [6.45, 7) is 10.6. The van der Waals surface area contributed by atoms with E-state index in [4.69, 9.17) is 0 Å². The van der Waals surface area contributed by atoms with Gasteiger partial charge in [0.05, 0.1) is 18.0 Å². The molecule has 0 aliphatic rings. The Bertz CT molecular complexity index is 1300. The van der Waals surface area contributed by atoms with Gasteiger partial charge < -0.3 is 5.11 Å². The Morgan fingerprint density at radius 3 is 2.42 bits per heavy atom. The summed E-state index contributed by atoms with van der Waals surface area (Å²) in [5, 5.41) is 9.70. The van der Waals surface area contributed by atoms with Gasteiger partial charge in [-0.2, -0.15) is 0 Å². The first kappa shape index (κ1) is 22.4. The van der Waals surface area contributed by atoms with Gasteiger partial charge in [-0.05, 0) is 44.7 Å². The second kappa shape index (κ2) is 8.43. The van der Waals surface area contributed by atoms with Crippen molar-refractivity contribution >= 4 is 5.78 Å². The lowest BCUT2D eigenvalue weighted by atomic mass is 9.93. The Labute approximate surface area is 180 Å². The lowest BCUT2D eigenvalue weighted by Crippen LogP contribution is -2.38. The number of hydrogen-bond acceptors (Lipinski definition) is 5. The summed E-state index contributed by atoms with van der Waals surface area (Å²) in [5.41, 5.74) is 3.21. The quantitative estimate of drug-likeness (QED) is 0.616. The molecule has 3 rings (SSSR count). The largest absolute Gasteiger partial charge is 0.392 e. The van der Waals surface area contributed by atoms with Gasteiger partial charge in [-0.1, -0.05) is 37.6 Å². The van der Waals surface area contributed by atoms with Crippen molar-refractivity contribution < 1.29 is 9.90 Å². The summed E-state index contributed by atoms with van der Waals surface area (Å²) >= 11 is 0. The maximum atomic E-state index is 13.8. The number of aromatic amines is 1. The van der Waals surface area contributed by atoms with Crippen LogP contribution in [0.4, 0.5) is 0 Å². The van der Waals surface area contributed by atoms with Crippen LogP contribution in [0.5, 0.6) is 0 Å². The van der Waals surface area contributed by atoms with Crippen molar-refractivity contribution in [2.75, 3.05) is 0 Å². The topological polar surface area (TPSA) is 105 Å². The Morgan fingerprint density at radius 1 is 1.16 bits per heavy atom. The number of carbonyl (C=O) groups excluding carboxylic acids is 1. The molecule has 2 aromatic heterocycles. The molecule has 2 N–H and O–H groups in total. The molecule has 0 saturated heterocycles. The number of aliphatic hydroxyl groups is 1. The minimum Gasteiger partial charge on any atom is -0.392 e. The molecule has 0 aliphatic carbocycles. The number of pyridine rings is 1. The first-order chi connectivity index (χ1) is 14.6. The Morgan fingerprint density at radius 2 is 1.84 bits per heavy atom. The Hall–Kier alpha value is -3.32. The first-order valence-electron chi connectivity index (χ1n) is 10.2. The molecule has 0 atom stereocenters. The number of hydrogen-bond donors (Lipinski definition) is 2. The number of nitrogens with zero attached hydrogens (tertiary/aromatic N) is 2. The molecule has 0 fully saturated rings. The van der Waals surface area contributed by atoms with E-state index in [2.05, 4.69) is 9.97 Å². The van der Waals surface area contributed by atoms with E-state index in [0.717, 1.165) is 11.1 Å². The van der Waals surface area contributed by atoms with Crippen LogP contribution < -0.4 is 11.2 Å². The molecule has 7 nitrogen and oxygen atoms in total. The summed E-state index contributed by atoms with van der Waals surface area (Å²) in [4.78, 5) is 46.3. The van der Waals surface area contributed by atoms with Crippen LogP contribution >= 0.6 is 0 Å². The Balaban J connectivity index is 2.50. The van der Waals surface area contributed by atoms with Crippen LogP contribution in [0.3, 0.4) is 0 Å².